The molecule has 98 valence electrons. The molecule has 18 heavy (non-hydrogen) atoms. The number of halogens is 1. The van der Waals surface area contributed by atoms with Crippen LogP contribution in [0.15, 0.2) is 35.7 Å². The summed E-state index contributed by atoms with van der Waals surface area (Å²) in [7, 11) is -7.00. The number of hydrogen-bond donors (Lipinski definition) is 0. The molecule has 0 fully saturated rings. The van der Waals surface area contributed by atoms with Crippen LogP contribution in [0.5, 0.6) is 0 Å². The maximum absolute atomic E-state index is 12.0. The number of rotatable bonds is 1. The third-order valence-corrected chi connectivity index (χ3v) is 6.52. The van der Waals surface area contributed by atoms with Gasteiger partial charge in [0.1, 0.15) is 5.25 Å². The van der Waals surface area contributed by atoms with E-state index in [-0.39, 0.29) is 5.75 Å². The quantitative estimate of drug-likeness (QED) is 0.792. The highest BCUT2D eigenvalue weighted by atomic mass is 35.5. The van der Waals surface area contributed by atoms with E-state index in [1.165, 1.54) is 6.08 Å². The van der Waals surface area contributed by atoms with Gasteiger partial charge >= 0.3 is 0 Å². The molecule has 0 N–H and O–H groups in total. The van der Waals surface area contributed by atoms with Crippen molar-refractivity contribution >= 4 is 31.3 Å². The first-order valence-electron chi connectivity index (χ1n) is 5.16. The number of sulfone groups is 2. The minimum absolute atomic E-state index is 0.264. The van der Waals surface area contributed by atoms with Gasteiger partial charge in [-0.15, -0.1) is 0 Å². The van der Waals surface area contributed by atoms with Crippen molar-refractivity contribution < 1.29 is 16.8 Å². The molecule has 0 aromatic heterocycles. The lowest BCUT2D eigenvalue weighted by Crippen LogP contribution is -2.20. The van der Waals surface area contributed by atoms with Gasteiger partial charge in [-0.1, -0.05) is 29.8 Å². The first-order valence-corrected chi connectivity index (χ1v) is 8.97. The van der Waals surface area contributed by atoms with Crippen molar-refractivity contribution in [2.24, 2.45) is 0 Å². The molecule has 2 rings (SSSR count). The summed E-state index contributed by atoms with van der Waals surface area (Å²) in [5, 5.41) is 0.418. The van der Waals surface area contributed by atoms with E-state index >= 15 is 0 Å². The van der Waals surface area contributed by atoms with Crippen LogP contribution in [-0.2, 0) is 19.7 Å². The van der Waals surface area contributed by atoms with Crippen LogP contribution in [-0.4, -0.2) is 28.3 Å². The Balaban J connectivity index is 2.50. The Morgan fingerprint density at radius 3 is 2.28 bits per heavy atom. The van der Waals surface area contributed by atoms with Gasteiger partial charge in [-0.05, 0) is 17.7 Å². The molecule has 0 aliphatic carbocycles. The van der Waals surface area contributed by atoms with Crippen LogP contribution >= 0.6 is 11.6 Å². The van der Waals surface area contributed by atoms with Crippen molar-refractivity contribution in [1.29, 1.82) is 0 Å². The van der Waals surface area contributed by atoms with Crippen molar-refractivity contribution in [3.8, 4) is 0 Å². The van der Waals surface area contributed by atoms with Crippen LogP contribution in [0, 0.1) is 0 Å². The maximum atomic E-state index is 12.0. The maximum Gasteiger partial charge on any atom is 0.172 e. The van der Waals surface area contributed by atoms with Crippen molar-refractivity contribution in [2.75, 3.05) is 11.5 Å². The van der Waals surface area contributed by atoms with E-state index in [1.807, 2.05) is 0 Å². The van der Waals surface area contributed by atoms with Crippen molar-refractivity contribution in [1.82, 2.24) is 0 Å². The summed E-state index contributed by atoms with van der Waals surface area (Å²) < 4.78 is 47.3. The molecule has 1 aliphatic heterocycles. The number of hydrogen-bond acceptors (Lipinski definition) is 4. The molecule has 1 aromatic rings. The van der Waals surface area contributed by atoms with E-state index in [2.05, 4.69) is 0 Å². The van der Waals surface area contributed by atoms with Crippen molar-refractivity contribution in [2.45, 2.75) is 5.25 Å². The third kappa shape index (κ3) is 2.93. The zero-order chi connectivity index (χ0) is 13.4. The smallest absolute Gasteiger partial charge is 0.172 e. The largest absolute Gasteiger partial charge is 0.228 e. The highest BCUT2D eigenvalue weighted by Gasteiger charge is 2.32. The Bertz CT molecular complexity index is 672. The van der Waals surface area contributed by atoms with Gasteiger partial charge in [0.25, 0.3) is 0 Å². The van der Waals surface area contributed by atoms with Gasteiger partial charge in [-0.3, -0.25) is 0 Å². The molecule has 0 spiro atoms. The highest BCUT2D eigenvalue weighted by molar-refractivity contribution is 7.97. The monoisotopic (exact) mass is 306 g/mol. The topological polar surface area (TPSA) is 68.3 Å². The average Bonchev–Trinajstić information content (AvgIpc) is 2.36. The summed E-state index contributed by atoms with van der Waals surface area (Å²) >= 11 is 5.73. The Morgan fingerprint density at radius 2 is 1.67 bits per heavy atom. The molecule has 4 nitrogen and oxygen atoms in total. The molecule has 1 heterocycles. The minimum Gasteiger partial charge on any atom is -0.228 e. The van der Waals surface area contributed by atoms with Crippen LogP contribution in [0.2, 0.25) is 5.02 Å². The molecule has 1 aliphatic rings. The van der Waals surface area contributed by atoms with Gasteiger partial charge in [-0.2, -0.15) is 0 Å². The first-order chi connectivity index (χ1) is 8.30. The van der Waals surface area contributed by atoms with E-state index < -0.39 is 30.7 Å². The fraction of sp³-hybridized carbons (Fsp3) is 0.273. The molecule has 0 radical (unpaired) electrons. The van der Waals surface area contributed by atoms with Gasteiger partial charge in [0.05, 0.1) is 11.5 Å². The molecule has 0 saturated heterocycles. The van der Waals surface area contributed by atoms with Crippen LogP contribution in [0.25, 0.3) is 0 Å². The highest BCUT2D eigenvalue weighted by Crippen LogP contribution is 2.28. The van der Waals surface area contributed by atoms with E-state index in [1.54, 1.807) is 24.3 Å². The lowest BCUT2D eigenvalue weighted by molar-refractivity contribution is 0.582. The fourth-order valence-corrected chi connectivity index (χ4v) is 5.72. The zero-order valence-corrected chi connectivity index (χ0v) is 11.7. The molecule has 0 saturated carbocycles. The Labute approximate surface area is 111 Å². The summed E-state index contributed by atoms with van der Waals surface area (Å²) in [4.78, 5) is 0. The number of benzene rings is 1. The summed E-state index contributed by atoms with van der Waals surface area (Å²) in [6.45, 7) is 0. The fourth-order valence-electron chi connectivity index (χ4n) is 1.79. The molecule has 1 unspecified atom stereocenters. The van der Waals surface area contributed by atoms with Gasteiger partial charge < -0.3 is 0 Å². The van der Waals surface area contributed by atoms with Crippen molar-refractivity contribution in [3.63, 3.8) is 0 Å². The van der Waals surface area contributed by atoms with Crippen molar-refractivity contribution in [3.05, 3.63) is 46.3 Å². The van der Waals surface area contributed by atoms with Gasteiger partial charge in [-0.25, -0.2) is 16.8 Å². The summed E-state index contributed by atoms with van der Waals surface area (Å²) in [5.74, 6) is -0.688. The predicted molar refractivity (Wildman–Crippen MR) is 70.9 cm³/mol. The molecular formula is C11H11ClO4S2. The average molecular weight is 307 g/mol. The summed E-state index contributed by atoms with van der Waals surface area (Å²) in [6, 6.07) is 6.20. The Hall–Kier alpha value is -0.850. The molecule has 7 heteroatoms. The molecular weight excluding hydrogens is 296 g/mol. The van der Waals surface area contributed by atoms with Crippen LogP contribution in [0.1, 0.15) is 10.8 Å². The third-order valence-electron chi connectivity index (χ3n) is 2.69. The lowest BCUT2D eigenvalue weighted by atomic mass is 10.2. The van der Waals surface area contributed by atoms with Gasteiger partial charge in [0, 0.05) is 10.4 Å². The molecule has 1 aromatic carbocycles. The Morgan fingerprint density at radius 1 is 1.06 bits per heavy atom. The predicted octanol–water partition coefficient (Wildman–Crippen LogP) is 1.74. The van der Waals surface area contributed by atoms with Crippen LogP contribution in [0.3, 0.4) is 0 Å². The second-order valence-corrected chi connectivity index (χ2v) is 8.67. The van der Waals surface area contributed by atoms with E-state index in [0.29, 0.717) is 10.6 Å². The van der Waals surface area contributed by atoms with Crippen LogP contribution in [0.4, 0.5) is 0 Å². The second kappa shape index (κ2) is 4.68. The van der Waals surface area contributed by atoms with E-state index in [0.717, 1.165) is 5.41 Å². The first kappa shape index (κ1) is 13.6. The standard InChI is InChI=1S/C11H11ClO4S2/c12-10-4-2-9(3-5-10)11-8-17(13,14)6-1-7-18(11,15)16/h1-6,11H,7-8H2. The SMILES string of the molecule is O=S1(=O)C=CCS(=O)(=O)C(c2ccc(Cl)cc2)C1. The summed E-state index contributed by atoms with van der Waals surface area (Å²) in [5.41, 5.74) is 0.451. The molecule has 1 atom stereocenters. The zero-order valence-electron chi connectivity index (χ0n) is 9.28. The molecule has 0 amide bonds. The normalized spacial score (nSPS) is 25.5. The second-order valence-electron chi connectivity index (χ2n) is 4.07. The van der Waals surface area contributed by atoms with E-state index in [4.69, 9.17) is 11.6 Å². The van der Waals surface area contributed by atoms with Gasteiger partial charge in [0.2, 0.25) is 0 Å². The minimum atomic E-state index is -3.51. The van der Waals surface area contributed by atoms with Gasteiger partial charge in [0.15, 0.2) is 19.7 Å². The summed E-state index contributed by atoms with van der Waals surface area (Å²) in [6.07, 6.45) is 1.18. The Kier molecular flexibility index (Phi) is 3.53. The lowest BCUT2D eigenvalue weighted by Gasteiger charge is -2.14. The van der Waals surface area contributed by atoms with Crippen LogP contribution < -0.4 is 0 Å². The van der Waals surface area contributed by atoms with E-state index in [9.17, 15) is 16.8 Å². The molecule has 0 bridgehead atoms.